The van der Waals surface area contributed by atoms with Crippen LogP contribution in [0.15, 0.2) is 42.5 Å². The molecule has 2 fully saturated rings. The third kappa shape index (κ3) is 4.03. The topological polar surface area (TPSA) is 95.6 Å². The molecule has 0 aromatic heterocycles. The summed E-state index contributed by atoms with van der Waals surface area (Å²) in [6.07, 6.45) is 2.44. The summed E-state index contributed by atoms with van der Waals surface area (Å²) in [4.78, 5) is 49.7. The number of imide groups is 1. The van der Waals surface area contributed by atoms with E-state index in [1.165, 1.54) is 0 Å². The molecule has 1 saturated carbocycles. The van der Waals surface area contributed by atoms with Crippen molar-refractivity contribution in [1.82, 2.24) is 5.32 Å². The average Bonchev–Trinajstić information content (AvgIpc) is 3.46. The zero-order valence-corrected chi connectivity index (χ0v) is 16.0. The summed E-state index contributed by atoms with van der Waals surface area (Å²) >= 11 is 0. The SMILES string of the molecule is Cc1ccc(C(=O)NC2CC2)cc1NC(=O)c1ccc(N2C(=O)CCC2=O)cc1. The predicted molar refractivity (Wildman–Crippen MR) is 108 cm³/mol. The molecule has 148 valence electrons. The van der Waals surface area contributed by atoms with Gasteiger partial charge in [-0.25, -0.2) is 0 Å². The first-order valence-electron chi connectivity index (χ1n) is 9.61. The number of carbonyl (C=O) groups is 4. The fraction of sp³-hybridized carbons (Fsp3) is 0.273. The van der Waals surface area contributed by atoms with Gasteiger partial charge >= 0.3 is 0 Å². The zero-order chi connectivity index (χ0) is 20.5. The molecule has 0 bridgehead atoms. The first kappa shape index (κ1) is 18.9. The second-order valence-electron chi connectivity index (χ2n) is 7.40. The maximum Gasteiger partial charge on any atom is 0.255 e. The van der Waals surface area contributed by atoms with Crippen LogP contribution in [-0.4, -0.2) is 29.7 Å². The number of aryl methyl sites for hydroxylation is 1. The van der Waals surface area contributed by atoms with E-state index in [0.29, 0.717) is 22.5 Å². The lowest BCUT2D eigenvalue weighted by Gasteiger charge is -2.14. The highest BCUT2D eigenvalue weighted by atomic mass is 16.2. The van der Waals surface area contributed by atoms with Crippen LogP contribution in [0.4, 0.5) is 11.4 Å². The molecule has 7 nitrogen and oxygen atoms in total. The van der Waals surface area contributed by atoms with E-state index in [9.17, 15) is 19.2 Å². The normalized spacial score (nSPS) is 16.1. The molecule has 29 heavy (non-hydrogen) atoms. The maximum atomic E-state index is 12.6. The molecule has 0 radical (unpaired) electrons. The number of anilines is 2. The van der Waals surface area contributed by atoms with Gasteiger partial charge in [-0.3, -0.25) is 24.1 Å². The van der Waals surface area contributed by atoms with Crippen molar-refractivity contribution >= 4 is 35.0 Å². The number of carbonyl (C=O) groups excluding carboxylic acids is 4. The molecule has 1 saturated heterocycles. The summed E-state index contributed by atoms with van der Waals surface area (Å²) in [5, 5.41) is 5.76. The fourth-order valence-electron chi connectivity index (χ4n) is 3.22. The Bertz CT molecular complexity index is 993. The van der Waals surface area contributed by atoms with Crippen molar-refractivity contribution < 1.29 is 19.2 Å². The summed E-state index contributed by atoms with van der Waals surface area (Å²) in [5.41, 5.74) is 2.75. The summed E-state index contributed by atoms with van der Waals surface area (Å²) in [5.74, 6) is -0.945. The van der Waals surface area contributed by atoms with Crippen LogP contribution < -0.4 is 15.5 Å². The van der Waals surface area contributed by atoms with Crippen molar-refractivity contribution in [2.75, 3.05) is 10.2 Å². The molecule has 4 amide bonds. The number of amides is 4. The second-order valence-corrected chi connectivity index (χ2v) is 7.40. The monoisotopic (exact) mass is 391 g/mol. The molecule has 0 spiro atoms. The fourth-order valence-corrected chi connectivity index (χ4v) is 3.22. The van der Waals surface area contributed by atoms with Gasteiger partial charge in [-0.2, -0.15) is 0 Å². The summed E-state index contributed by atoms with van der Waals surface area (Å²) in [6.45, 7) is 1.85. The van der Waals surface area contributed by atoms with E-state index in [4.69, 9.17) is 0 Å². The summed E-state index contributed by atoms with van der Waals surface area (Å²) in [7, 11) is 0. The Hall–Kier alpha value is -3.48. The van der Waals surface area contributed by atoms with Crippen LogP contribution >= 0.6 is 0 Å². The van der Waals surface area contributed by atoms with Crippen LogP contribution in [-0.2, 0) is 9.59 Å². The van der Waals surface area contributed by atoms with Crippen molar-refractivity contribution in [2.45, 2.75) is 38.6 Å². The highest BCUT2D eigenvalue weighted by Crippen LogP contribution is 2.24. The molecular formula is C22H21N3O4. The molecule has 2 aromatic rings. The van der Waals surface area contributed by atoms with Crippen LogP contribution in [0, 0.1) is 6.92 Å². The Balaban J connectivity index is 1.48. The minimum absolute atomic E-state index is 0.146. The van der Waals surface area contributed by atoms with Gasteiger partial charge < -0.3 is 10.6 Å². The molecule has 2 aliphatic rings. The Kier molecular flexibility index (Phi) is 4.88. The van der Waals surface area contributed by atoms with E-state index in [-0.39, 0.29) is 42.5 Å². The third-order valence-electron chi connectivity index (χ3n) is 5.10. The number of rotatable bonds is 5. The second kappa shape index (κ2) is 7.50. The van der Waals surface area contributed by atoms with Crippen LogP contribution in [0.2, 0.25) is 0 Å². The van der Waals surface area contributed by atoms with Gasteiger partial charge in [-0.05, 0) is 61.7 Å². The highest BCUT2D eigenvalue weighted by Gasteiger charge is 2.30. The number of hydrogen-bond donors (Lipinski definition) is 2. The molecular weight excluding hydrogens is 370 g/mol. The first-order valence-corrected chi connectivity index (χ1v) is 9.61. The molecule has 1 heterocycles. The third-order valence-corrected chi connectivity index (χ3v) is 5.10. The minimum atomic E-state index is -0.335. The Morgan fingerprint density at radius 1 is 0.897 bits per heavy atom. The number of nitrogens with one attached hydrogen (secondary N) is 2. The number of benzene rings is 2. The largest absolute Gasteiger partial charge is 0.349 e. The van der Waals surface area contributed by atoms with Crippen LogP contribution in [0.25, 0.3) is 0 Å². The summed E-state index contributed by atoms with van der Waals surface area (Å²) < 4.78 is 0. The maximum absolute atomic E-state index is 12.6. The first-order chi connectivity index (χ1) is 13.9. The molecule has 7 heteroatoms. The molecule has 1 aliphatic carbocycles. The lowest BCUT2D eigenvalue weighted by molar-refractivity contribution is -0.121. The van der Waals surface area contributed by atoms with Crippen molar-refractivity contribution in [2.24, 2.45) is 0 Å². The van der Waals surface area contributed by atoms with Gasteiger partial charge in [0, 0.05) is 35.7 Å². The average molecular weight is 391 g/mol. The zero-order valence-electron chi connectivity index (χ0n) is 16.0. The smallest absolute Gasteiger partial charge is 0.255 e. The Morgan fingerprint density at radius 2 is 1.52 bits per heavy atom. The molecule has 4 rings (SSSR count). The predicted octanol–water partition coefficient (Wildman–Crippen LogP) is 2.79. The number of nitrogens with zero attached hydrogens (tertiary/aromatic N) is 1. The van der Waals surface area contributed by atoms with E-state index >= 15 is 0 Å². The molecule has 2 aromatic carbocycles. The standard InChI is InChI=1S/C22H21N3O4/c1-13-2-3-15(22(29)23-16-6-7-16)12-18(13)24-21(28)14-4-8-17(9-5-14)25-19(26)10-11-20(25)27/h2-5,8-9,12,16H,6-7,10-11H2,1H3,(H,23,29)(H,24,28). The van der Waals surface area contributed by atoms with Gasteiger partial charge in [-0.15, -0.1) is 0 Å². The van der Waals surface area contributed by atoms with E-state index in [0.717, 1.165) is 23.3 Å². The molecule has 2 N–H and O–H groups in total. The minimum Gasteiger partial charge on any atom is -0.349 e. The van der Waals surface area contributed by atoms with Crippen molar-refractivity contribution in [3.8, 4) is 0 Å². The summed E-state index contributed by atoms with van der Waals surface area (Å²) in [6, 6.07) is 11.8. The lowest BCUT2D eigenvalue weighted by atomic mass is 10.1. The molecule has 0 atom stereocenters. The Morgan fingerprint density at radius 3 is 2.14 bits per heavy atom. The van der Waals surface area contributed by atoms with Gasteiger partial charge in [0.25, 0.3) is 11.8 Å². The van der Waals surface area contributed by atoms with Gasteiger partial charge in [-0.1, -0.05) is 6.07 Å². The van der Waals surface area contributed by atoms with Gasteiger partial charge in [0.15, 0.2) is 0 Å². The van der Waals surface area contributed by atoms with E-state index in [1.807, 2.05) is 6.92 Å². The van der Waals surface area contributed by atoms with Crippen LogP contribution in [0.1, 0.15) is 52.0 Å². The Labute approximate surface area is 168 Å². The van der Waals surface area contributed by atoms with Crippen molar-refractivity contribution in [1.29, 1.82) is 0 Å². The van der Waals surface area contributed by atoms with Gasteiger partial charge in [0.2, 0.25) is 11.8 Å². The molecule has 0 unspecified atom stereocenters. The van der Waals surface area contributed by atoms with Crippen molar-refractivity contribution in [3.05, 3.63) is 59.2 Å². The molecule has 1 aliphatic heterocycles. The van der Waals surface area contributed by atoms with Crippen LogP contribution in [0.5, 0.6) is 0 Å². The number of hydrogen-bond acceptors (Lipinski definition) is 4. The highest BCUT2D eigenvalue weighted by molar-refractivity contribution is 6.20. The van der Waals surface area contributed by atoms with E-state index < -0.39 is 0 Å². The van der Waals surface area contributed by atoms with E-state index in [2.05, 4.69) is 10.6 Å². The van der Waals surface area contributed by atoms with Gasteiger partial charge in [0.05, 0.1) is 5.69 Å². The quantitative estimate of drug-likeness (QED) is 0.766. The van der Waals surface area contributed by atoms with Crippen molar-refractivity contribution in [3.63, 3.8) is 0 Å². The van der Waals surface area contributed by atoms with Gasteiger partial charge in [0.1, 0.15) is 0 Å². The van der Waals surface area contributed by atoms with Crippen LogP contribution in [0.3, 0.4) is 0 Å². The van der Waals surface area contributed by atoms with E-state index in [1.54, 1.807) is 42.5 Å². The lowest BCUT2D eigenvalue weighted by Crippen LogP contribution is -2.28.